The van der Waals surface area contributed by atoms with Crippen LogP contribution in [0.25, 0.3) is 0 Å². The second-order valence-corrected chi connectivity index (χ2v) is 7.47. The number of carbonyl (C=O) groups excluding carboxylic acids is 2. The van der Waals surface area contributed by atoms with Crippen molar-refractivity contribution in [2.24, 2.45) is 0 Å². The Balaban J connectivity index is 1.51. The predicted molar refractivity (Wildman–Crippen MR) is 102 cm³/mol. The Kier molecular flexibility index (Phi) is 6.35. The molecule has 2 aromatic rings. The molecule has 1 aliphatic rings. The van der Waals surface area contributed by atoms with E-state index in [1.54, 1.807) is 17.5 Å². The number of amides is 2. The first-order valence-corrected chi connectivity index (χ1v) is 9.69. The zero-order valence-corrected chi connectivity index (χ0v) is 15.7. The monoisotopic (exact) mass is 372 g/mol. The van der Waals surface area contributed by atoms with Gasteiger partial charge >= 0.3 is 0 Å². The van der Waals surface area contributed by atoms with Gasteiger partial charge in [-0.1, -0.05) is 12.1 Å². The third-order valence-electron chi connectivity index (χ3n) is 4.50. The van der Waals surface area contributed by atoms with Crippen LogP contribution < -0.4 is 5.32 Å². The first-order valence-electron chi connectivity index (χ1n) is 8.81. The minimum Gasteiger partial charge on any atom is -0.348 e. The summed E-state index contributed by atoms with van der Waals surface area (Å²) < 4.78 is 0. The number of hydrogen-bond donors (Lipinski definition) is 1. The van der Waals surface area contributed by atoms with Gasteiger partial charge in [0.05, 0.1) is 12.5 Å². The highest BCUT2D eigenvalue weighted by Crippen LogP contribution is 2.23. The van der Waals surface area contributed by atoms with Gasteiger partial charge in [-0.2, -0.15) is 0 Å². The lowest BCUT2D eigenvalue weighted by molar-refractivity contribution is -0.133. The number of piperazine rings is 1. The summed E-state index contributed by atoms with van der Waals surface area (Å²) in [7, 11) is 0. The Hall–Kier alpha value is -2.25. The molecule has 138 valence electrons. The average molecular weight is 372 g/mol. The van der Waals surface area contributed by atoms with Crippen LogP contribution in [0.1, 0.15) is 29.8 Å². The van der Waals surface area contributed by atoms with E-state index in [0.29, 0.717) is 6.42 Å². The molecule has 1 aliphatic heterocycles. The minimum atomic E-state index is -0.242. The summed E-state index contributed by atoms with van der Waals surface area (Å²) in [5.74, 6) is -0.0179. The van der Waals surface area contributed by atoms with E-state index in [1.807, 2.05) is 34.7 Å². The van der Waals surface area contributed by atoms with E-state index in [4.69, 9.17) is 0 Å². The molecule has 1 atom stereocenters. The van der Waals surface area contributed by atoms with Crippen LogP contribution in [0.15, 0.2) is 42.0 Å². The Bertz CT molecular complexity index is 712. The molecular formula is C19H24N4O2S. The fourth-order valence-corrected chi connectivity index (χ4v) is 3.94. The van der Waals surface area contributed by atoms with Gasteiger partial charge in [-0.3, -0.25) is 19.5 Å². The SMILES string of the molecule is CC(=O)NC(CC(=O)N1CCN(Cc2cccnc2)CC1)c1cccs1. The summed E-state index contributed by atoms with van der Waals surface area (Å²) >= 11 is 1.56. The molecule has 26 heavy (non-hydrogen) atoms. The Morgan fingerprint density at radius 1 is 1.23 bits per heavy atom. The van der Waals surface area contributed by atoms with Gasteiger partial charge in [0, 0.05) is 56.9 Å². The van der Waals surface area contributed by atoms with Crippen molar-refractivity contribution in [3.63, 3.8) is 0 Å². The lowest BCUT2D eigenvalue weighted by atomic mass is 10.1. The molecule has 1 fully saturated rings. The number of carbonyl (C=O) groups is 2. The van der Waals surface area contributed by atoms with Gasteiger partial charge in [0.25, 0.3) is 0 Å². The Morgan fingerprint density at radius 2 is 2.04 bits per heavy atom. The van der Waals surface area contributed by atoms with Crippen LogP contribution in [0.2, 0.25) is 0 Å². The van der Waals surface area contributed by atoms with Crippen molar-refractivity contribution in [1.82, 2.24) is 20.1 Å². The summed E-state index contributed by atoms with van der Waals surface area (Å²) in [4.78, 5) is 33.6. The van der Waals surface area contributed by atoms with E-state index in [2.05, 4.69) is 21.3 Å². The summed E-state index contributed by atoms with van der Waals surface area (Å²) in [5.41, 5.74) is 1.19. The molecule has 2 aromatic heterocycles. The number of thiophene rings is 1. The van der Waals surface area contributed by atoms with E-state index < -0.39 is 0 Å². The van der Waals surface area contributed by atoms with Gasteiger partial charge in [-0.25, -0.2) is 0 Å². The number of rotatable bonds is 6. The highest BCUT2D eigenvalue weighted by atomic mass is 32.1. The second-order valence-electron chi connectivity index (χ2n) is 6.49. The van der Waals surface area contributed by atoms with Crippen LogP contribution in [0.5, 0.6) is 0 Å². The number of nitrogens with one attached hydrogen (secondary N) is 1. The van der Waals surface area contributed by atoms with Gasteiger partial charge in [-0.15, -0.1) is 11.3 Å². The maximum Gasteiger partial charge on any atom is 0.225 e. The second kappa shape index (κ2) is 8.91. The standard InChI is InChI=1S/C19H24N4O2S/c1-15(24)21-17(18-5-3-11-26-18)12-19(25)23-9-7-22(8-10-23)14-16-4-2-6-20-13-16/h2-6,11,13,17H,7-10,12,14H2,1H3,(H,21,24). The molecule has 1 saturated heterocycles. The molecule has 6 nitrogen and oxygen atoms in total. The van der Waals surface area contributed by atoms with E-state index in [-0.39, 0.29) is 17.9 Å². The average Bonchev–Trinajstić information content (AvgIpc) is 3.17. The minimum absolute atomic E-state index is 0.0955. The van der Waals surface area contributed by atoms with Gasteiger partial charge in [0.2, 0.25) is 11.8 Å². The van der Waals surface area contributed by atoms with Crippen LogP contribution in [-0.4, -0.2) is 52.8 Å². The zero-order chi connectivity index (χ0) is 18.4. The lowest BCUT2D eigenvalue weighted by Gasteiger charge is -2.35. The molecular weight excluding hydrogens is 348 g/mol. The van der Waals surface area contributed by atoms with Crippen LogP contribution >= 0.6 is 11.3 Å². The topological polar surface area (TPSA) is 65.5 Å². The van der Waals surface area contributed by atoms with Gasteiger partial charge in [0.1, 0.15) is 0 Å². The zero-order valence-electron chi connectivity index (χ0n) is 14.9. The largest absolute Gasteiger partial charge is 0.348 e. The predicted octanol–water partition coefficient (Wildman–Crippen LogP) is 2.05. The molecule has 0 spiro atoms. The van der Waals surface area contributed by atoms with Crippen molar-refractivity contribution in [3.8, 4) is 0 Å². The summed E-state index contributed by atoms with van der Waals surface area (Å²) in [6, 6.07) is 7.68. The van der Waals surface area contributed by atoms with E-state index in [9.17, 15) is 9.59 Å². The molecule has 0 saturated carbocycles. The molecule has 0 radical (unpaired) electrons. The first kappa shape index (κ1) is 18.5. The highest BCUT2D eigenvalue weighted by Gasteiger charge is 2.25. The van der Waals surface area contributed by atoms with Crippen molar-refractivity contribution in [3.05, 3.63) is 52.5 Å². The van der Waals surface area contributed by atoms with Crippen molar-refractivity contribution >= 4 is 23.2 Å². The smallest absolute Gasteiger partial charge is 0.225 e. The third kappa shape index (κ3) is 5.12. The van der Waals surface area contributed by atoms with Gasteiger partial charge in [-0.05, 0) is 23.1 Å². The van der Waals surface area contributed by atoms with E-state index in [0.717, 1.165) is 37.6 Å². The molecule has 1 N–H and O–H groups in total. The fraction of sp³-hybridized carbons (Fsp3) is 0.421. The Morgan fingerprint density at radius 3 is 2.65 bits per heavy atom. The van der Waals surface area contributed by atoms with Gasteiger partial charge in [0.15, 0.2) is 0 Å². The van der Waals surface area contributed by atoms with Gasteiger partial charge < -0.3 is 10.2 Å². The molecule has 3 heterocycles. The third-order valence-corrected chi connectivity index (χ3v) is 5.48. The summed E-state index contributed by atoms with van der Waals surface area (Å²) in [6.45, 7) is 5.49. The van der Waals surface area contributed by atoms with Crippen molar-refractivity contribution in [2.45, 2.75) is 25.9 Å². The molecule has 0 aliphatic carbocycles. The van der Waals surface area contributed by atoms with Crippen LogP contribution in [0.4, 0.5) is 0 Å². The number of nitrogens with zero attached hydrogens (tertiary/aromatic N) is 3. The quantitative estimate of drug-likeness (QED) is 0.843. The molecule has 7 heteroatoms. The molecule has 1 unspecified atom stereocenters. The lowest BCUT2D eigenvalue weighted by Crippen LogP contribution is -2.49. The summed E-state index contributed by atoms with van der Waals surface area (Å²) in [5, 5.41) is 4.86. The van der Waals surface area contributed by atoms with E-state index >= 15 is 0 Å². The van der Waals surface area contributed by atoms with Crippen molar-refractivity contribution in [1.29, 1.82) is 0 Å². The van der Waals surface area contributed by atoms with E-state index in [1.165, 1.54) is 12.5 Å². The highest BCUT2D eigenvalue weighted by molar-refractivity contribution is 7.10. The van der Waals surface area contributed by atoms with Crippen LogP contribution in [0, 0.1) is 0 Å². The van der Waals surface area contributed by atoms with Crippen molar-refractivity contribution in [2.75, 3.05) is 26.2 Å². The summed E-state index contributed by atoms with van der Waals surface area (Å²) in [6.07, 6.45) is 3.97. The molecule has 3 rings (SSSR count). The number of aromatic nitrogens is 1. The fourth-order valence-electron chi connectivity index (χ4n) is 3.17. The normalized spacial score (nSPS) is 16.3. The van der Waals surface area contributed by atoms with Crippen molar-refractivity contribution < 1.29 is 9.59 Å². The molecule has 0 aromatic carbocycles. The maximum atomic E-state index is 12.7. The molecule has 2 amide bonds. The van der Waals surface area contributed by atoms with Crippen LogP contribution in [-0.2, 0) is 16.1 Å². The first-order chi connectivity index (χ1) is 12.6. The number of pyridine rings is 1. The molecule has 0 bridgehead atoms. The maximum absolute atomic E-state index is 12.7. The van der Waals surface area contributed by atoms with Crippen LogP contribution in [0.3, 0.4) is 0 Å². The number of hydrogen-bond acceptors (Lipinski definition) is 5. The Labute approximate surface area is 157 Å².